The molecule has 4 amide bonds. The zero-order valence-electron chi connectivity index (χ0n) is 39.9. The Kier molecular flexibility index (Phi) is 23.3. The number of ether oxygens (including phenoxy) is 4. The van der Waals surface area contributed by atoms with Gasteiger partial charge in [-0.3, -0.25) is 14.3 Å². The molecule has 3 heterocycles. The van der Waals surface area contributed by atoms with E-state index in [-0.39, 0.29) is 36.5 Å². The first kappa shape index (κ1) is 52.5. The Labute approximate surface area is 397 Å². The van der Waals surface area contributed by atoms with Crippen LogP contribution in [0.5, 0.6) is 11.5 Å². The first-order valence-electron chi connectivity index (χ1n) is 24.6. The largest absolute Gasteiger partial charge is 0.494 e. The fourth-order valence-corrected chi connectivity index (χ4v) is 9.79. The van der Waals surface area contributed by atoms with Gasteiger partial charge in [-0.1, -0.05) is 65.0 Å². The van der Waals surface area contributed by atoms with Gasteiger partial charge in [0.15, 0.2) is 5.82 Å². The SMILES string of the molecule is CCCCC(C)CC.CCOc1cccc(Nc2nn(CCOCCOCCNC(=O)CCCCNC(=O)CCCCC3SCC4NC(=O)NC43)c3c2Cc2ccc(OCCCO)cc2-3)c1. The fourth-order valence-electron chi connectivity index (χ4n) is 8.24. The van der Waals surface area contributed by atoms with Gasteiger partial charge >= 0.3 is 6.03 Å². The smallest absolute Gasteiger partial charge is 0.315 e. The molecule has 0 spiro atoms. The van der Waals surface area contributed by atoms with Crippen LogP contribution in [0.15, 0.2) is 42.5 Å². The lowest BCUT2D eigenvalue weighted by Gasteiger charge is -2.16. The average molecular weight is 936 g/mol. The van der Waals surface area contributed by atoms with Crippen LogP contribution in [0, 0.1) is 5.92 Å². The van der Waals surface area contributed by atoms with E-state index < -0.39 is 0 Å². The highest BCUT2D eigenvalue weighted by Gasteiger charge is 2.42. The molecule has 4 atom stereocenters. The predicted molar refractivity (Wildman–Crippen MR) is 263 cm³/mol. The van der Waals surface area contributed by atoms with Crippen LogP contribution in [-0.4, -0.2) is 115 Å². The van der Waals surface area contributed by atoms with E-state index in [1.165, 1.54) is 31.2 Å². The van der Waals surface area contributed by atoms with Crippen LogP contribution in [0.3, 0.4) is 0 Å². The molecule has 2 aromatic carbocycles. The Balaban J connectivity index is 0.000000933. The third-order valence-corrected chi connectivity index (χ3v) is 13.6. The van der Waals surface area contributed by atoms with Crippen molar-refractivity contribution in [3.63, 3.8) is 0 Å². The molecule has 1 aliphatic carbocycles. The fraction of sp³-hybridized carbons (Fsp3) is 0.640. The highest BCUT2D eigenvalue weighted by atomic mass is 32.2. The molecule has 6 rings (SSSR count). The van der Waals surface area contributed by atoms with Gasteiger partial charge in [-0.05, 0) is 68.4 Å². The maximum absolute atomic E-state index is 12.3. The molecule has 66 heavy (non-hydrogen) atoms. The van der Waals surface area contributed by atoms with Gasteiger partial charge in [0.25, 0.3) is 0 Å². The molecule has 0 bridgehead atoms. The number of carbonyl (C=O) groups is 3. The van der Waals surface area contributed by atoms with E-state index in [1.54, 1.807) is 0 Å². The van der Waals surface area contributed by atoms with Crippen LogP contribution in [0.2, 0.25) is 0 Å². The second-order valence-electron chi connectivity index (χ2n) is 17.3. The summed E-state index contributed by atoms with van der Waals surface area (Å²) in [4.78, 5) is 36.0. The number of thioether (sulfide) groups is 1. The van der Waals surface area contributed by atoms with Gasteiger partial charge in [0.1, 0.15) is 11.5 Å². The number of unbranched alkanes of at least 4 members (excludes halogenated alkanes) is 3. The lowest BCUT2D eigenvalue weighted by atomic mass is 10.0. The van der Waals surface area contributed by atoms with Gasteiger partial charge in [-0.25, -0.2) is 4.79 Å². The zero-order chi connectivity index (χ0) is 46.9. The summed E-state index contributed by atoms with van der Waals surface area (Å²) in [6.07, 6.45) is 12.0. The molecule has 2 aliphatic heterocycles. The summed E-state index contributed by atoms with van der Waals surface area (Å²) in [5.74, 6) is 4.26. The second kappa shape index (κ2) is 29.3. The van der Waals surface area contributed by atoms with Crippen molar-refractivity contribution in [1.29, 1.82) is 0 Å². The molecule has 3 aliphatic rings. The van der Waals surface area contributed by atoms with E-state index in [0.29, 0.717) is 90.2 Å². The molecule has 0 radical (unpaired) electrons. The zero-order valence-corrected chi connectivity index (χ0v) is 40.7. The second-order valence-corrected chi connectivity index (χ2v) is 18.6. The number of rotatable bonds is 31. The Bertz CT molecular complexity index is 1930. The molecule has 15 nitrogen and oxygen atoms in total. The van der Waals surface area contributed by atoms with Crippen molar-refractivity contribution in [1.82, 2.24) is 31.0 Å². The minimum atomic E-state index is -0.0683. The van der Waals surface area contributed by atoms with Crippen molar-refractivity contribution in [2.75, 3.05) is 70.4 Å². The molecule has 1 aromatic heterocycles. The van der Waals surface area contributed by atoms with E-state index >= 15 is 0 Å². The summed E-state index contributed by atoms with van der Waals surface area (Å²) in [5.41, 5.74) is 5.31. The molecule has 0 saturated carbocycles. The van der Waals surface area contributed by atoms with E-state index in [4.69, 9.17) is 24.0 Å². The Hall–Kier alpha value is -4.51. The molecular formula is C50H77N7O8S. The topological polar surface area (TPSA) is 186 Å². The number of anilines is 2. The van der Waals surface area contributed by atoms with E-state index in [2.05, 4.69) is 59.5 Å². The molecule has 4 unspecified atom stereocenters. The highest BCUT2D eigenvalue weighted by Crippen LogP contribution is 2.43. The number of hydrogen-bond acceptors (Lipinski definition) is 11. The number of amides is 4. The number of carbonyl (C=O) groups excluding carboxylic acids is 3. The van der Waals surface area contributed by atoms with Gasteiger partial charge < -0.3 is 50.6 Å². The van der Waals surface area contributed by atoms with Crippen molar-refractivity contribution in [3.05, 3.63) is 53.6 Å². The molecule has 6 N–H and O–H groups in total. The van der Waals surface area contributed by atoms with Gasteiger partial charge in [0.05, 0.1) is 64.0 Å². The van der Waals surface area contributed by atoms with Crippen molar-refractivity contribution in [2.45, 2.75) is 135 Å². The summed E-state index contributed by atoms with van der Waals surface area (Å²) in [7, 11) is 0. The van der Waals surface area contributed by atoms with Crippen LogP contribution in [-0.2, 0) is 32.0 Å². The summed E-state index contributed by atoms with van der Waals surface area (Å²) in [5, 5.41) is 29.9. The van der Waals surface area contributed by atoms with Crippen LogP contribution >= 0.6 is 11.8 Å². The normalized spacial score (nSPS) is 17.1. The molecule has 2 fully saturated rings. The van der Waals surface area contributed by atoms with Crippen molar-refractivity contribution < 1.29 is 38.4 Å². The van der Waals surface area contributed by atoms with Crippen LogP contribution in [0.25, 0.3) is 11.3 Å². The predicted octanol–water partition coefficient (Wildman–Crippen LogP) is 7.74. The number of aliphatic hydroxyl groups excluding tert-OH is 1. The number of aromatic nitrogens is 2. The first-order chi connectivity index (χ1) is 32.2. The molecular weight excluding hydrogens is 859 g/mol. The lowest BCUT2D eigenvalue weighted by Crippen LogP contribution is -2.36. The summed E-state index contributed by atoms with van der Waals surface area (Å²) >= 11 is 1.90. The van der Waals surface area contributed by atoms with Gasteiger partial charge in [0.2, 0.25) is 11.8 Å². The van der Waals surface area contributed by atoms with Gasteiger partial charge in [-0.15, -0.1) is 0 Å². The minimum absolute atomic E-state index is 0.0279. The Morgan fingerprint density at radius 1 is 0.879 bits per heavy atom. The van der Waals surface area contributed by atoms with E-state index in [0.717, 1.165) is 83.6 Å². The third-order valence-electron chi connectivity index (χ3n) is 12.1. The standard InChI is InChI=1S/C42H59N7O8S.C8H18/c1-2-56-31-10-7-9-30(26-31)45-41-34-25-29-14-15-32(57-20-8-19-50)27-33(29)40(34)49(48-41)18-22-55-24-23-54-21-17-44-38(52)13-5-6-16-43-37(51)12-4-3-11-36-39-35(28-58-36)46-42(53)47-39;1-4-6-7-8(3)5-2/h7,9-10,14-15,26-27,35-36,39,50H,2-6,8,11-13,16-25,28H2,1H3,(H,43,51)(H,44,52)(H,45,48)(H2,46,47,53);8H,4-7H2,1-3H3. The lowest BCUT2D eigenvalue weighted by molar-refractivity contribution is -0.121. The van der Waals surface area contributed by atoms with E-state index in [1.807, 2.05) is 53.7 Å². The summed E-state index contributed by atoms with van der Waals surface area (Å²) in [6.45, 7) is 13.1. The monoisotopic (exact) mass is 936 g/mol. The van der Waals surface area contributed by atoms with Gasteiger partial charge in [-0.2, -0.15) is 16.9 Å². The molecule has 366 valence electrons. The third kappa shape index (κ3) is 17.3. The summed E-state index contributed by atoms with van der Waals surface area (Å²) < 4.78 is 25.2. The van der Waals surface area contributed by atoms with Crippen LogP contribution in [0.1, 0.15) is 116 Å². The number of fused-ring (bicyclic) bond motifs is 4. The quantitative estimate of drug-likeness (QED) is 0.0214. The Morgan fingerprint density at radius 3 is 2.42 bits per heavy atom. The van der Waals surface area contributed by atoms with Crippen molar-refractivity contribution in [3.8, 4) is 22.8 Å². The van der Waals surface area contributed by atoms with Crippen molar-refractivity contribution in [2.24, 2.45) is 5.92 Å². The van der Waals surface area contributed by atoms with Crippen molar-refractivity contribution >= 4 is 41.1 Å². The number of benzene rings is 2. The van der Waals surface area contributed by atoms with E-state index in [9.17, 15) is 19.5 Å². The maximum Gasteiger partial charge on any atom is 0.315 e. The summed E-state index contributed by atoms with van der Waals surface area (Å²) in [6, 6.07) is 14.3. The first-order valence-corrected chi connectivity index (χ1v) is 25.6. The molecule has 3 aromatic rings. The number of aliphatic hydroxyl groups is 1. The maximum atomic E-state index is 12.3. The minimum Gasteiger partial charge on any atom is -0.494 e. The Morgan fingerprint density at radius 2 is 1.65 bits per heavy atom. The molecule has 2 saturated heterocycles. The number of nitrogens with zero attached hydrogens (tertiary/aromatic N) is 2. The van der Waals surface area contributed by atoms with Crippen LogP contribution < -0.4 is 36.1 Å². The number of hydrogen-bond donors (Lipinski definition) is 6. The molecule has 16 heteroatoms. The van der Waals surface area contributed by atoms with Crippen LogP contribution in [0.4, 0.5) is 16.3 Å². The number of urea groups is 1. The average Bonchev–Trinajstić information content (AvgIpc) is 4.07. The highest BCUT2D eigenvalue weighted by molar-refractivity contribution is 8.00. The number of nitrogens with one attached hydrogen (secondary N) is 5. The van der Waals surface area contributed by atoms with Gasteiger partial charge in [0, 0.05) is 79.3 Å².